The van der Waals surface area contributed by atoms with E-state index in [1.54, 1.807) is 12.1 Å². The molecule has 2 nitrogen and oxygen atoms in total. The maximum atomic E-state index is 14.1. The fourth-order valence-corrected chi connectivity index (χ4v) is 2.21. The van der Waals surface area contributed by atoms with E-state index in [0.29, 0.717) is 11.3 Å². The zero-order valence-electron chi connectivity index (χ0n) is 11.4. The average Bonchev–Trinajstić information content (AvgIpc) is 2.41. The third-order valence-electron chi connectivity index (χ3n) is 2.93. The molecule has 0 saturated heterocycles. The summed E-state index contributed by atoms with van der Waals surface area (Å²) in [4.78, 5) is 0. The first-order valence-electron chi connectivity index (χ1n) is 6.45. The Hall–Kier alpha value is -1.58. The van der Waals surface area contributed by atoms with Crippen molar-refractivity contribution in [1.82, 2.24) is 0 Å². The van der Waals surface area contributed by atoms with Crippen LogP contribution in [-0.4, -0.2) is 6.10 Å². The normalized spacial score (nSPS) is 12.5. The maximum Gasteiger partial charge on any atom is 0.146 e. The summed E-state index contributed by atoms with van der Waals surface area (Å²) in [5, 5.41) is 0.0696. The molecule has 0 saturated carbocycles. The number of ether oxygens (including phenoxy) is 1. The molecule has 0 amide bonds. The largest absolute Gasteiger partial charge is 0.491 e. The molecule has 2 N–H and O–H groups in total. The van der Waals surface area contributed by atoms with Gasteiger partial charge in [-0.25, -0.2) is 4.39 Å². The molecule has 2 aromatic rings. The number of nitrogens with two attached hydrogens (primary N) is 1. The summed E-state index contributed by atoms with van der Waals surface area (Å²) < 4.78 is 19.8. The zero-order valence-corrected chi connectivity index (χ0v) is 12.2. The van der Waals surface area contributed by atoms with Crippen LogP contribution in [0.25, 0.3) is 0 Å². The van der Waals surface area contributed by atoms with Gasteiger partial charge in [0.25, 0.3) is 0 Å². The molecule has 0 aliphatic rings. The van der Waals surface area contributed by atoms with Gasteiger partial charge in [0, 0.05) is 11.1 Å². The second kappa shape index (κ2) is 6.25. The first-order chi connectivity index (χ1) is 9.50. The fourth-order valence-electron chi connectivity index (χ4n) is 2.03. The minimum absolute atomic E-state index is 0.0209. The molecule has 20 heavy (non-hydrogen) atoms. The minimum atomic E-state index is -0.622. The Morgan fingerprint density at radius 2 is 1.70 bits per heavy atom. The summed E-state index contributed by atoms with van der Waals surface area (Å²) in [6, 6.07) is 11.6. The first kappa shape index (κ1) is 14.8. The Morgan fingerprint density at radius 3 is 2.40 bits per heavy atom. The monoisotopic (exact) mass is 293 g/mol. The zero-order chi connectivity index (χ0) is 14.7. The molecule has 4 heteroatoms. The van der Waals surface area contributed by atoms with Gasteiger partial charge in [-0.1, -0.05) is 41.9 Å². The van der Waals surface area contributed by atoms with Crippen LogP contribution in [0.5, 0.6) is 5.75 Å². The van der Waals surface area contributed by atoms with Crippen molar-refractivity contribution >= 4 is 11.6 Å². The molecule has 1 atom stereocenters. The van der Waals surface area contributed by atoms with Crippen LogP contribution < -0.4 is 10.5 Å². The maximum absolute atomic E-state index is 14.1. The van der Waals surface area contributed by atoms with Crippen molar-refractivity contribution in [3.05, 3.63) is 64.4 Å². The molecule has 0 bridgehead atoms. The van der Waals surface area contributed by atoms with E-state index in [9.17, 15) is 4.39 Å². The third-order valence-corrected chi connectivity index (χ3v) is 3.23. The molecule has 0 radical (unpaired) electrons. The predicted molar refractivity (Wildman–Crippen MR) is 79.6 cm³/mol. The first-order valence-corrected chi connectivity index (χ1v) is 6.83. The lowest BCUT2D eigenvalue weighted by atomic mass is 9.98. The smallest absolute Gasteiger partial charge is 0.146 e. The number of halogens is 2. The Bertz CT molecular complexity index is 601. The molecule has 0 aliphatic heterocycles. The third kappa shape index (κ3) is 3.11. The average molecular weight is 294 g/mol. The van der Waals surface area contributed by atoms with Crippen molar-refractivity contribution in [2.75, 3.05) is 0 Å². The van der Waals surface area contributed by atoms with E-state index in [1.807, 2.05) is 38.1 Å². The van der Waals surface area contributed by atoms with Gasteiger partial charge in [0.2, 0.25) is 0 Å². The SMILES string of the molecule is CC(C)Oc1ccccc1C(N)c1cccc(Cl)c1F. The van der Waals surface area contributed by atoms with Crippen LogP contribution in [0.1, 0.15) is 31.0 Å². The van der Waals surface area contributed by atoms with Gasteiger partial charge in [0.05, 0.1) is 17.2 Å². The molecule has 2 aromatic carbocycles. The van der Waals surface area contributed by atoms with Gasteiger partial charge in [0.1, 0.15) is 11.6 Å². The summed E-state index contributed by atoms with van der Waals surface area (Å²) in [7, 11) is 0. The Morgan fingerprint density at radius 1 is 1.05 bits per heavy atom. The molecule has 0 spiro atoms. The van der Waals surface area contributed by atoms with Crippen molar-refractivity contribution in [2.45, 2.75) is 26.0 Å². The van der Waals surface area contributed by atoms with E-state index in [1.165, 1.54) is 6.07 Å². The van der Waals surface area contributed by atoms with Crippen molar-refractivity contribution in [3.8, 4) is 5.75 Å². The van der Waals surface area contributed by atoms with E-state index < -0.39 is 11.9 Å². The highest BCUT2D eigenvalue weighted by atomic mass is 35.5. The number of rotatable bonds is 4. The van der Waals surface area contributed by atoms with Crippen molar-refractivity contribution in [2.24, 2.45) is 5.73 Å². The second-order valence-corrected chi connectivity index (χ2v) is 5.23. The van der Waals surface area contributed by atoms with Crippen LogP contribution in [0.4, 0.5) is 4.39 Å². The van der Waals surface area contributed by atoms with Crippen LogP contribution in [0.2, 0.25) is 5.02 Å². The van der Waals surface area contributed by atoms with Crippen LogP contribution >= 0.6 is 11.6 Å². The second-order valence-electron chi connectivity index (χ2n) is 4.83. The molecule has 0 heterocycles. The van der Waals surface area contributed by atoms with Gasteiger partial charge in [-0.05, 0) is 26.0 Å². The van der Waals surface area contributed by atoms with Crippen molar-refractivity contribution in [1.29, 1.82) is 0 Å². The standard InChI is InChI=1S/C16H17ClFNO/c1-10(2)20-14-9-4-3-6-11(14)16(19)12-7-5-8-13(17)15(12)18/h3-10,16H,19H2,1-2H3. The Kier molecular flexibility index (Phi) is 4.63. The van der Waals surface area contributed by atoms with Crippen LogP contribution in [0.15, 0.2) is 42.5 Å². The van der Waals surface area contributed by atoms with Crippen LogP contribution in [0, 0.1) is 5.82 Å². The van der Waals surface area contributed by atoms with Gasteiger partial charge in [-0.3, -0.25) is 0 Å². The lowest BCUT2D eigenvalue weighted by Crippen LogP contribution is -2.16. The van der Waals surface area contributed by atoms with Gasteiger partial charge < -0.3 is 10.5 Å². The highest BCUT2D eigenvalue weighted by Gasteiger charge is 2.19. The highest BCUT2D eigenvalue weighted by molar-refractivity contribution is 6.30. The number of para-hydroxylation sites is 1. The molecule has 0 aromatic heterocycles. The van der Waals surface area contributed by atoms with Gasteiger partial charge in [-0.2, -0.15) is 0 Å². The van der Waals surface area contributed by atoms with Gasteiger partial charge in [-0.15, -0.1) is 0 Å². The lowest BCUT2D eigenvalue weighted by molar-refractivity contribution is 0.239. The predicted octanol–water partition coefficient (Wildman–Crippen LogP) is 4.31. The number of hydrogen-bond acceptors (Lipinski definition) is 2. The van der Waals surface area contributed by atoms with E-state index in [-0.39, 0.29) is 11.1 Å². The minimum Gasteiger partial charge on any atom is -0.491 e. The van der Waals surface area contributed by atoms with E-state index in [4.69, 9.17) is 22.1 Å². The van der Waals surface area contributed by atoms with Crippen molar-refractivity contribution in [3.63, 3.8) is 0 Å². The van der Waals surface area contributed by atoms with Crippen molar-refractivity contribution < 1.29 is 9.13 Å². The summed E-state index contributed by atoms with van der Waals surface area (Å²) >= 11 is 5.81. The molecule has 0 fully saturated rings. The Labute approximate surface area is 123 Å². The summed E-state index contributed by atoms with van der Waals surface area (Å²) in [6.45, 7) is 3.87. The van der Waals surface area contributed by atoms with Gasteiger partial charge >= 0.3 is 0 Å². The molecule has 106 valence electrons. The topological polar surface area (TPSA) is 35.2 Å². The lowest BCUT2D eigenvalue weighted by Gasteiger charge is -2.19. The molecular formula is C16H17ClFNO. The summed E-state index contributed by atoms with van der Waals surface area (Å²) in [5.41, 5.74) is 7.28. The molecule has 2 rings (SSSR count). The Balaban J connectivity index is 2.43. The highest BCUT2D eigenvalue weighted by Crippen LogP contribution is 2.31. The van der Waals surface area contributed by atoms with E-state index in [0.717, 1.165) is 5.56 Å². The van der Waals surface area contributed by atoms with Crippen LogP contribution in [0.3, 0.4) is 0 Å². The number of hydrogen-bond donors (Lipinski definition) is 1. The van der Waals surface area contributed by atoms with E-state index >= 15 is 0 Å². The molecule has 1 unspecified atom stereocenters. The quantitative estimate of drug-likeness (QED) is 0.911. The van der Waals surface area contributed by atoms with Gasteiger partial charge in [0.15, 0.2) is 0 Å². The summed E-state index contributed by atoms with van der Waals surface area (Å²) in [6.07, 6.45) is 0.0209. The number of benzene rings is 2. The fraction of sp³-hybridized carbons (Fsp3) is 0.250. The molecule has 0 aliphatic carbocycles. The van der Waals surface area contributed by atoms with Crippen LogP contribution in [-0.2, 0) is 0 Å². The molecular weight excluding hydrogens is 277 g/mol. The van der Waals surface area contributed by atoms with E-state index in [2.05, 4.69) is 0 Å². The summed E-state index contributed by atoms with van der Waals surface area (Å²) in [5.74, 6) is 0.176.